The number of fused-ring (bicyclic) bond motifs is 1. The van der Waals surface area contributed by atoms with Crippen molar-refractivity contribution in [1.29, 1.82) is 0 Å². The Hall–Kier alpha value is -1.94. The first kappa shape index (κ1) is 15.4. The van der Waals surface area contributed by atoms with Gasteiger partial charge in [-0.2, -0.15) is 0 Å². The Morgan fingerprint density at radius 3 is 2.90 bits per heavy atom. The number of hydrogen-bond acceptors (Lipinski definition) is 3. The maximum Gasteiger partial charge on any atom is 0.252 e. The van der Waals surface area contributed by atoms with Crippen LogP contribution in [0, 0.1) is 13.8 Å². The summed E-state index contributed by atoms with van der Waals surface area (Å²) in [6, 6.07) is 7.77. The van der Waals surface area contributed by atoms with Crippen molar-refractivity contribution in [2.75, 3.05) is 19.8 Å². The van der Waals surface area contributed by atoms with Crippen LogP contribution in [0.4, 0.5) is 0 Å². The first-order valence-corrected chi connectivity index (χ1v) is 7.36. The lowest BCUT2D eigenvalue weighted by molar-refractivity contribution is 0.0945. The van der Waals surface area contributed by atoms with E-state index in [-0.39, 0.29) is 5.91 Å². The molecule has 0 unspecified atom stereocenters. The highest BCUT2D eigenvalue weighted by molar-refractivity contribution is 6.06. The maximum atomic E-state index is 12.4. The number of hydrogen-bond donors (Lipinski definition) is 1. The van der Waals surface area contributed by atoms with Crippen LogP contribution in [0.2, 0.25) is 0 Å². The quantitative estimate of drug-likeness (QED) is 0.830. The van der Waals surface area contributed by atoms with E-state index in [1.165, 1.54) is 0 Å². The molecule has 0 saturated heterocycles. The minimum atomic E-state index is -0.0485. The maximum absolute atomic E-state index is 12.4. The van der Waals surface area contributed by atoms with Gasteiger partial charge < -0.3 is 10.1 Å². The van der Waals surface area contributed by atoms with Crippen LogP contribution in [0.15, 0.2) is 24.3 Å². The molecule has 1 heterocycles. The lowest BCUT2D eigenvalue weighted by atomic mass is 10.0. The number of benzene rings is 1. The number of carbonyl (C=O) groups excluding carboxylic acids is 1. The average molecular weight is 286 g/mol. The summed E-state index contributed by atoms with van der Waals surface area (Å²) in [7, 11) is 0. The van der Waals surface area contributed by atoms with Gasteiger partial charge in [-0.05, 0) is 38.8 Å². The molecule has 1 N–H and O–H groups in total. The molecule has 4 heteroatoms. The van der Waals surface area contributed by atoms with Gasteiger partial charge >= 0.3 is 0 Å². The van der Waals surface area contributed by atoms with Gasteiger partial charge in [-0.1, -0.05) is 18.2 Å². The molecule has 0 fully saturated rings. The summed E-state index contributed by atoms with van der Waals surface area (Å²) in [6.45, 7) is 7.89. The molecule has 1 amide bonds. The summed E-state index contributed by atoms with van der Waals surface area (Å²) in [6.07, 6.45) is 0.820. The predicted octanol–water partition coefficient (Wildman–Crippen LogP) is 3.01. The summed E-state index contributed by atoms with van der Waals surface area (Å²) in [5.41, 5.74) is 3.53. The highest BCUT2D eigenvalue weighted by atomic mass is 16.5. The molecule has 21 heavy (non-hydrogen) atoms. The minimum absolute atomic E-state index is 0.0485. The number of amides is 1. The second kappa shape index (κ2) is 7.18. The van der Waals surface area contributed by atoms with Crippen LogP contribution in [0.3, 0.4) is 0 Å². The molecule has 0 spiro atoms. The Morgan fingerprint density at radius 1 is 1.33 bits per heavy atom. The van der Waals surface area contributed by atoms with E-state index in [4.69, 9.17) is 4.74 Å². The van der Waals surface area contributed by atoms with Crippen LogP contribution in [0.5, 0.6) is 0 Å². The van der Waals surface area contributed by atoms with Crippen molar-refractivity contribution in [2.45, 2.75) is 27.2 Å². The van der Waals surface area contributed by atoms with Gasteiger partial charge in [0.25, 0.3) is 5.91 Å². The molecule has 1 aromatic carbocycles. The number of ether oxygens (including phenoxy) is 1. The molecule has 0 saturated carbocycles. The van der Waals surface area contributed by atoms with Crippen molar-refractivity contribution in [3.8, 4) is 0 Å². The van der Waals surface area contributed by atoms with E-state index < -0.39 is 0 Å². The van der Waals surface area contributed by atoms with Crippen molar-refractivity contribution in [2.24, 2.45) is 0 Å². The van der Waals surface area contributed by atoms with Crippen LogP contribution in [-0.4, -0.2) is 30.6 Å². The molecule has 2 rings (SSSR count). The number of pyridine rings is 1. The molecule has 0 aliphatic carbocycles. The molecule has 0 aliphatic rings. The zero-order valence-corrected chi connectivity index (χ0v) is 12.9. The highest BCUT2D eigenvalue weighted by Crippen LogP contribution is 2.21. The van der Waals surface area contributed by atoms with E-state index >= 15 is 0 Å². The molecule has 4 nitrogen and oxygen atoms in total. The van der Waals surface area contributed by atoms with Gasteiger partial charge in [-0.25, -0.2) is 0 Å². The Bertz CT molecular complexity index is 638. The Labute approximate surface area is 125 Å². The first-order chi connectivity index (χ1) is 10.1. The van der Waals surface area contributed by atoms with Crippen molar-refractivity contribution >= 4 is 16.8 Å². The van der Waals surface area contributed by atoms with Crippen LogP contribution < -0.4 is 5.32 Å². The van der Waals surface area contributed by atoms with E-state index in [2.05, 4.69) is 10.3 Å². The summed E-state index contributed by atoms with van der Waals surface area (Å²) < 4.78 is 5.26. The van der Waals surface area contributed by atoms with E-state index in [0.717, 1.165) is 28.6 Å². The van der Waals surface area contributed by atoms with Crippen molar-refractivity contribution in [1.82, 2.24) is 10.3 Å². The van der Waals surface area contributed by atoms with Crippen LogP contribution in [-0.2, 0) is 4.74 Å². The number of nitrogens with zero attached hydrogens (tertiary/aromatic N) is 1. The molecule has 1 aromatic heterocycles. The third kappa shape index (κ3) is 3.79. The van der Waals surface area contributed by atoms with Crippen molar-refractivity contribution in [3.05, 3.63) is 41.1 Å². The first-order valence-electron chi connectivity index (χ1n) is 7.36. The fraction of sp³-hybridized carbons (Fsp3) is 0.412. The highest BCUT2D eigenvalue weighted by Gasteiger charge is 2.12. The van der Waals surface area contributed by atoms with Crippen molar-refractivity contribution in [3.63, 3.8) is 0 Å². The molecular weight excluding hydrogens is 264 g/mol. The van der Waals surface area contributed by atoms with E-state index in [9.17, 15) is 4.79 Å². The van der Waals surface area contributed by atoms with Gasteiger partial charge in [-0.15, -0.1) is 0 Å². The second-order valence-electron chi connectivity index (χ2n) is 5.09. The molecule has 112 valence electrons. The molecule has 2 aromatic rings. The van der Waals surface area contributed by atoms with Crippen LogP contribution >= 0.6 is 0 Å². The number of aryl methyl sites for hydroxylation is 2. The van der Waals surface area contributed by atoms with E-state index in [1.54, 1.807) is 0 Å². The number of aromatic nitrogens is 1. The molecule has 0 bridgehead atoms. The van der Waals surface area contributed by atoms with Crippen LogP contribution in [0.1, 0.15) is 35.0 Å². The summed E-state index contributed by atoms with van der Waals surface area (Å²) in [5.74, 6) is -0.0485. The van der Waals surface area contributed by atoms with Gasteiger partial charge in [0.1, 0.15) is 0 Å². The standard InChI is InChI=1S/C17H22N2O2/c1-4-21-10-6-9-18-17(20)15-11-13(3)19-16-12(2)7-5-8-14(15)16/h5,7-8,11H,4,6,9-10H2,1-3H3,(H,18,20). The number of carbonyl (C=O) groups is 1. The Morgan fingerprint density at radius 2 is 2.14 bits per heavy atom. The fourth-order valence-corrected chi connectivity index (χ4v) is 2.32. The molecular formula is C17H22N2O2. The SMILES string of the molecule is CCOCCCNC(=O)c1cc(C)nc2c(C)cccc12. The van der Waals surface area contributed by atoms with E-state index in [1.807, 2.05) is 45.0 Å². The zero-order chi connectivity index (χ0) is 15.2. The van der Waals surface area contributed by atoms with Gasteiger partial charge in [0.15, 0.2) is 0 Å². The minimum Gasteiger partial charge on any atom is -0.382 e. The second-order valence-corrected chi connectivity index (χ2v) is 5.09. The zero-order valence-electron chi connectivity index (χ0n) is 12.9. The molecule has 0 aliphatic heterocycles. The van der Waals surface area contributed by atoms with Crippen molar-refractivity contribution < 1.29 is 9.53 Å². The number of nitrogens with one attached hydrogen (secondary N) is 1. The molecule has 0 radical (unpaired) electrons. The monoisotopic (exact) mass is 286 g/mol. The van der Waals surface area contributed by atoms with Gasteiger partial charge in [0.05, 0.1) is 11.1 Å². The summed E-state index contributed by atoms with van der Waals surface area (Å²) >= 11 is 0. The van der Waals surface area contributed by atoms with Gasteiger partial charge in [0.2, 0.25) is 0 Å². The lowest BCUT2D eigenvalue weighted by Crippen LogP contribution is -2.25. The topological polar surface area (TPSA) is 51.2 Å². The molecule has 0 atom stereocenters. The Balaban J connectivity index is 2.17. The van der Waals surface area contributed by atoms with E-state index in [0.29, 0.717) is 25.3 Å². The summed E-state index contributed by atoms with van der Waals surface area (Å²) in [5, 5.41) is 3.86. The Kier molecular flexibility index (Phi) is 5.28. The number of rotatable bonds is 6. The smallest absolute Gasteiger partial charge is 0.252 e. The third-order valence-corrected chi connectivity index (χ3v) is 3.37. The van der Waals surface area contributed by atoms with Gasteiger partial charge in [0, 0.05) is 30.8 Å². The predicted molar refractivity (Wildman–Crippen MR) is 84.7 cm³/mol. The average Bonchev–Trinajstić information content (AvgIpc) is 2.47. The number of para-hydroxylation sites is 1. The largest absolute Gasteiger partial charge is 0.382 e. The van der Waals surface area contributed by atoms with Gasteiger partial charge in [-0.3, -0.25) is 9.78 Å². The fourth-order valence-electron chi connectivity index (χ4n) is 2.32. The third-order valence-electron chi connectivity index (χ3n) is 3.37. The van der Waals surface area contributed by atoms with Crippen LogP contribution in [0.25, 0.3) is 10.9 Å². The lowest BCUT2D eigenvalue weighted by Gasteiger charge is -2.10. The normalized spacial score (nSPS) is 10.8. The summed E-state index contributed by atoms with van der Waals surface area (Å²) in [4.78, 5) is 16.9.